The Bertz CT molecular complexity index is 1400. The molecule has 1 N–H and O–H groups in total. The van der Waals surface area contributed by atoms with Gasteiger partial charge in [-0.25, -0.2) is 9.67 Å². The molecule has 0 saturated heterocycles. The predicted molar refractivity (Wildman–Crippen MR) is 122 cm³/mol. The van der Waals surface area contributed by atoms with Crippen molar-refractivity contribution in [3.8, 4) is 12.3 Å². The molecule has 162 valence electrons. The van der Waals surface area contributed by atoms with Crippen molar-refractivity contribution in [1.29, 1.82) is 0 Å². The quantitative estimate of drug-likeness (QED) is 0.469. The number of rotatable bonds is 5. The number of aromatic nitrogens is 4. The van der Waals surface area contributed by atoms with Crippen molar-refractivity contribution in [2.45, 2.75) is 50.0 Å². The van der Waals surface area contributed by atoms with Crippen molar-refractivity contribution in [3.05, 3.63) is 61.9 Å². The summed E-state index contributed by atoms with van der Waals surface area (Å²) in [6.07, 6.45) is 8.12. The predicted octanol–water partition coefficient (Wildman–Crippen LogP) is 1.43. The largest absolute Gasteiger partial charge is 0.350 e. The van der Waals surface area contributed by atoms with Gasteiger partial charge in [-0.1, -0.05) is 35.9 Å². The Balaban J connectivity index is 1.35. The number of terminal acetylenes is 1. The average Bonchev–Trinajstić information content (AvgIpc) is 3.43. The lowest BCUT2D eigenvalue weighted by molar-refractivity contribution is -0.121. The number of carbonyl (C=O) groups is 1. The molecule has 32 heavy (non-hydrogen) atoms. The fourth-order valence-electron chi connectivity index (χ4n) is 4.40. The zero-order valence-corrected chi connectivity index (χ0v) is 18.2. The number of thioether (sulfide) groups is 1. The number of aryl methyl sites for hydroxylation is 1. The number of amides is 1. The molecule has 3 heterocycles. The third kappa shape index (κ3) is 3.50. The van der Waals surface area contributed by atoms with E-state index < -0.39 is 0 Å². The van der Waals surface area contributed by atoms with E-state index in [1.54, 1.807) is 22.8 Å². The van der Waals surface area contributed by atoms with Crippen molar-refractivity contribution in [3.63, 3.8) is 0 Å². The highest BCUT2D eigenvalue weighted by Crippen LogP contribution is 2.33. The SMILES string of the molecule is C#CCn1nc(CNC(=O)CC2CSc3nc4c(c(=O)n32)CCC4)c2ccccc2c1=O. The first-order chi connectivity index (χ1) is 15.6. The van der Waals surface area contributed by atoms with Crippen LogP contribution in [0.2, 0.25) is 0 Å². The summed E-state index contributed by atoms with van der Waals surface area (Å²) < 4.78 is 2.93. The summed E-state index contributed by atoms with van der Waals surface area (Å²) in [4.78, 5) is 42.9. The van der Waals surface area contributed by atoms with Crippen molar-refractivity contribution in [2.24, 2.45) is 0 Å². The molecular weight excluding hydrogens is 426 g/mol. The highest BCUT2D eigenvalue weighted by atomic mass is 32.2. The third-order valence-corrected chi connectivity index (χ3v) is 7.03. The van der Waals surface area contributed by atoms with Crippen LogP contribution in [0.25, 0.3) is 10.8 Å². The van der Waals surface area contributed by atoms with E-state index in [2.05, 4.69) is 21.3 Å². The number of fused-ring (bicyclic) bond motifs is 3. The minimum Gasteiger partial charge on any atom is -0.350 e. The van der Waals surface area contributed by atoms with E-state index in [-0.39, 0.29) is 42.6 Å². The summed E-state index contributed by atoms with van der Waals surface area (Å²) in [5, 5.41) is 9.16. The molecule has 1 amide bonds. The summed E-state index contributed by atoms with van der Waals surface area (Å²) in [5.74, 6) is 2.90. The van der Waals surface area contributed by atoms with E-state index in [1.807, 2.05) is 6.07 Å². The minimum atomic E-state index is -0.257. The lowest BCUT2D eigenvalue weighted by Gasteiger charge is -2.15. The number of hydrogen-bond donors (Lipinski definition) is 1. The van der Waals surface area contributed by atoms with Crippen molar-refractivity contribution >= 4 is 28.4 Å². The molecule has 1 aliphatic heterocycles. The standard InChI is InChI=1S/C23H21N5O3S/c1-2-10-27-21(30)16-7-4-3-6-15(16)19(26-27)12-24-20(29)11-14-13-32-23-25-18-9-5-8-17(18)22(31)28(14)23/h1,3-4,6-7,14H,5,8-13H2,(H,24,29). The highest BCUT2D eigenvalue weighted by molar-refractivity contribution is 7.99. The molecule has 0 radical (unpaired) electrons. The second-order valence-corrected chi connectivity index (χ2v) is 8.94. The first-order valence-electron chi connectivity index (χ1n) is 10.5. The normalized spacial score (nSPS) is 16.5. The average molecular weight is 448 g/mol. The van der Waals surface area contributed by atoms with Gasteiger partial charge >= 0.3 is 0 Å². The first kappa shape index (κ1) is 20.5. The summed E-state index contributed by atoms with van der Waals surface area (Å²) in [7, 11) is 0. The molecular formula is C23H21N5O3S. The highest BCUT2D eigenvalue weighted by Gasteiger charge is 2.31. The van der Waals surface area contributed by atoms with Gasteiger partial charge in [0.05, 0.1) is 29.4 Å². The van der Waals surface area contributed by atoms with Gasteiger partial charge in [-0.05, 0) is 25.3 Å². The van der Waals surface area contributed by atoms with Crippen LogP contribution in [0.4, 0.5) is 0 Å². The van der Waals surface area contributed by atoms with Crippen LogP contribution in [0.1, 0.15) is 35.8 Å². The monoisotopic (exact) mass is 447 g/mol. The van der Waals surface area contributed by atoms with Gasteiger partial charge in [0.2, 0.25) is 5.91 Å². The fourth-order valence-corrected chi connectivity index (χ4v) is 5.55. The van der Waals surface area contributed by atoms with Crippen LogP contribution >= 0.6 is 11.8 Å². The smallest absolute Gasteiger partial charge is 0.275 e. The van der Waals surface area contributed by atoms with Gasteiger partial charge in [-0.2, -0.15) is 5.10 Å². The molecule has 8 nitrogen and oxygen atoms in total. The Labute approximate surface area is 188 Å². The Morgan fingerprint density at radius 1 is 1.22 bits per heavy atom. The summed E-state index contributed by atoms with van der Waals surface area (Å²) >= 11 is 1.53. The van der Waals surface area contributed by atoms with Crippen LogP contribution in [0.3, 0.4) is 0 Å². The Kier molecular flexibility index (Phi) is 5.31. The lowest BCUT2D eigenvalue weighted by Crippen LogP contribution is -2.33. The molecule has 0 saturated carbocycles. The second-order valence-electron chi connectivity index (χ2n) is 7.95. The maximum atomic E-state index is 12.9. The number of hydrogen-bond acceptors (Lipinski definition) is 6. The van der Waals surface area contributed by atoms with E-state index in [9.17, 15) is 14.4 Å². The van der Waals surface area contributed by atoms with Crippen molar-refractivity contribution < 1.29 is 4.79 Å². The molecule has 1 unspecified atom stereocenters. The van der Waals surface area contributed by atoms with Gasteiger partial charge in [0.1, 0.15) is 6.54 Å². The van der Waals surface area contributed by atoms with Gasteiger partial charge in [0.25, 0.3) is 11.1 Å². The van der Waals surface area contributed by atoms with Crippen LogP contribution in [0.5, 0.6) is 0 Å². The van der Waals surface area contributed by atoms with E-state index in [0.717, 1.165) is 30.5 Å². The molecule has 0 fully saturated rings. The van der Waals surface area contributed by atoms with Crippen molar-refractivity contribution in [1.82, 2.24) is 24.6 Å². The number of benzene rings is 1. The molecule has 1 aromatic carbocycles. The minimum absolute atomic E-state index is 0.000628. The first-order valence-corrected chi connectivity index (χ1v) is 11.5. The molecule has 2 aliphatic rings. The van der Waals surface area contributed by atoms with Crippen LogP contribution < -0.4 is 16.4 Å². The summed E-state index contributed by atoms with van der Waals surface area (Å²) in [6.45, 7) is 0.217. The molecule has 2 aromatic heterocycles. The molecule has 1 aliphatic carbocycles. The number of carbonyl (C=O) groups excluding carboxylic acids is 1. The Hall–Kier alpha value is -3.38. The number of nitrogens with one attached hydrogen (secondary N) is 1. The zero-order valence-electron chi connectivity index (χ0n) is 17.3. The van der Waals surface area contributed by atoms with E-state index >= 15 is 0 Å². The van der Waals surface area contributed by atoms with Crippen LogP contribution in [0.15, 0.2) is 39.0 Å². The molecule has 5 rings (SSSR count). The summed E-state index contributed by atoms with van der Waals surface area (Å²) in [5.41, 5.74) is 2.03. The summed E-state index contributed by atoms with van der Waals surface area (Å²) in [6, 6.07) is 6.92. The van der Waals surface area contributed by atoms with Crippen LogP contribution in [0, 0.1) is 12.3 Å². The van der Waals surface area contributed by atoms with Gasteiger partial charge in [0, 0.05) is 23.1 Å². The Morgan fingerprint density at radius 2 is 2.03 bits per heavy atom. The molecule has 0 spiro atoms. The Morgan fingerprint density at radius 3 is 2.84 bits per heavy atom. The van der Waals surface area contributed by atoms with E-state index in [4.69, 9.17) is 6.42 Å². The van der Waals surface area contributed by atoms with Crippen molar-refractivity contribution in [2.75, 3.05) is 5.75 Å². The van der Waals surface area contributed by atoms with Gasteiger partial charge in [-0.15, -0.1) is 6.42 Å². The molecule has 1 atom stereocenters. The van der Waals surface area contributed by atoms with Gasteiger partial charge < -0.3 is 5.32 Å². The van der Waals surface area contributed by atoms with Crippen LogP contribution in [-0.2, 0) is 30.7 Å². The van der Waals surface area contributed by atoms with Gasteiger partial charge in [0.15, 0.2) is 5.16 Å². The number of nitrogens with zero attached hydrogens (tertiary/aromatic N) is 4. The van der Waals surface area contributed by atoms with E-state index in [0.29, 0.717) is 27.4 Å². The fraction of sp³-hybridized carbons (Fsp3) is 0.348. The molecule has 0 bridgehead atoms. The van der Waals surface area contributed by atoms with Crippen LogP contribution in [-0.4, -0.2) is 31.0 Å². The molecule has 3 aromatic rings. The van der Waals surface area contributed by atoms with Gasteiger partial charge in [-0.3, -0.25) is 19.0 Å². The topological polar surface area (TPSA) is 98.9 Å². The third-order valence-electron chi connectivity index (χ3n) is 5.93. The molecule has 9 heteroatoms. The maximum absolute atomic E-state index is 12.9. The lowest BCUT2D eigenvalue weighted by atomic mass is 10.1. The second kappa shape index (κ2) is 8.28. The zero-order chi connectivity index (χ0) is 22.2. The van der Waals surface area contributed by atoms with E-state index in [1.165, 1.54) is 16.4 Å². The maximum Gasteiger partial charge on any atom is 0.275 e.